The van der Waals surface area contributed by atoms with E-state index in [9.17, 15) is 10.2 Å². The number of halogens is 1. The highest BCUT2D eigenvalue weighted by Crippen LogP contribution is 2.29. The highest BCUT2D eigenvalue weighted by Gasteiger charge is 2.24. The second-order valence-corrected chi connectivity index (χ2v) is 6.85. The number of anilines is 2. The first-order valence-corrected chi connectivity index (χ1v) is 8.26. The predicted molar refractivity (Wildman–Crippen MR) is 104 cm³/mol. The molecule has 0 fully saturated rings. The summed E-state index contributed by atoms with van der Waals surface area (Å²) in [7, 11) is 3.93. The molecule has 0 saturated carbocycles. The van der Waals surface area contributed by atoms with Crippen LogP contribution in [0.25, 0.3) is 0 Å². The largest absolute Gasteiger partial charge is 0.506 e. The summed E-state index contributed by atoms with van der Waals surface area (Å²) in [5.74, 6) is 0.0690. The zero-order valence-electron chi connectivity index (χ0n) is 14.6. The fourth-order valence-corrected chi connectivity index (χ4v) is 2.64. The lowest BCUT2D eigenvalue weighted by molar-refractivity contribution is 0.0573. The lowest BCUT2D eigenvalue weighted by atomic mass is 9.91. The van der Waals surface area contributed by atoms with Crippen LogP contribution in [0.3, 0.4) is 0 Å². The van der Waals surface area contributed by atoms with Gasteiger partial charge in [0.25, 0.3) is 0 Å². The Balaban J connectivity index is 2.09. The molecule has 1 unspecified atom stereocenters. The zero-order chi connectivity index (χ0) is 18.6. The molecule has 5 N–H and O–H groups in total. The number of hydrogen-bond donors (Lipinski definition) is 4. The number of rotatable bonds is 6. The Morgan fingerprint density at radius 3 is 2.48 bits per heavy atom. The van der Waals surface area contributed by atoms with Crippen LogP contribution in [0.5, 0.6) is 5.75 Å². The molecule has 0 aliphatic carbocycles. The van der Waals surface area contributed by atoms with Gasteiger partial charge in [-0.3, -0.25) is 0 Å². The van der Waals surface area contributed by atoms with Crippen molar-refractivity contribution < 1.29 is 10.2 Å². The third kappa shape index (κ3) is 5.05. The molecule has 0 aliphatic heterocycles. The molecular formula is C19H24ClN3O2. The van der Waals surface area contributed by atoms with Crippen molar-refractivity contribution in [2.45, 2.75) is 18.9 Å². The van der Waals surface area contributed by atoms with Gasteiger partial charge in [-0.05, 0) is 42.8 Å². The van der Waals surface area contributed by atoms with Gasteiger partial charge in [0.05, 0.1) is 11.3 Å². The van der Waals surface area contributed by atoms with Crippen LogP contribution in [0.15, 0.2) is 54.4 Å². The fourth-order valence-electron chi connectivity index (χ4n) is 2.46. The number of nitrogens with one attached hydrogen (secondary N) is 1. The molecule has 2 aromatic carbocycles. The van der Waals surface area contributed by atoms with E-state index < -0.39 is 5.60 Å². The molecule has 0 radical (unpaired) electrons. The number of aromatic hydroxyl groups is 1. The van der Waals surface area contributed by atoms with Gasteiger partial charge in [0.1, 0.15) is 5.75 Å². The lowest BCUT2D eigenvalue weighted by Crippen LogP contribution is -2.24. The van der Waals surface area contributed by atoms with Gasteiger partial charge in [0, 0.05) is 43.1 Å². The first-order valence-electron chi connectivity index (χ1n) is 7.89. The smallest absolute Gasteiger partial charge is 0.139 e. The summed E-state index contributed by atoms with van der Waals surface area (Å²) in [5.41, 5.74) is 7.65. The van der Waals surface area contributed by atoms with E-state index in [4.69, 9.17) is 17.3 Å². The SMILES string of the molecule is CN(C)c1ccc(C(C)(O)C/C(N)=C/Nc2cc(Cl)ccc2O)cc1. The molecule has 6 heteroatoms. The van der Waals surface area contributed by atoms with Gasteiger partial charge in [-0.15, -0.1) is 0 Å². The van der Waals surface area contributed by atoms with Crippen molar-refractivity contribution in [1.82, 2.24) is 0 Å². The van der Waals surface area contributed by atoms with Crippen LogP contribution < -0.4 is 16.0 Å². The van der Waals surface area contributed by atoms with Crippen LogP contribution >= 0.6 is 11.6 Å². The predicted octanol–water partition coefficient (Wildman–Crippen LogP) is 3.62. The Labute approximate surface area is 153 Å². The molecule has 0 aromatic heterocycles. The molecule has 0 heterocycles. The van der Waals surface area contributed by atoms with Crippen LogP contribution in [0.4, 0.5) is 11.4 Å². The van der Waals surface area contributed by atoms with E-state index in [1.165, 1.54) is 6.07 Å². The number of aliphatic hydroxyl groups is 1. The molecule has 2 aromatic rings. The average molecular weight is 362 g/mol. The van der Waals surface area contributed by atoms with Crippen molar-refractivity contribution in [3.8, 4) is 5.75 Å². The fraction of sp³-hybridized carbons (Fsp3) is 0.263. The maximum atomic E-state index is 10.7. The van der Waals surface area contributed by atoms with Gasteiger partial charge in [0.15, 0.2) is 0 Å². The van der Waals surface area contributed by atoms with E-state index >= 15 is 0 Å². The van der Waals surface area contributed by atoms with Crippen LogP contribution in [-0.4, -0.2) is 24.3 Å². The van der Waals surface area contributed by atoms with Gasteiger partial charge < -0.3 is 26.2 Å². The first kappa shape index (κ1) is 19.0. The van der Waals surface area contributed by atoms with E-state index in [0.717, 1.165) is 11.3 Å². The van der Waals surface area contributed by atoms with Crippen molar-refractivity contribution in [2.24, 2.45) is 5.73 Å². The third-order valence-electron chi connectivity index (χ3n) is 3.93. The van der Waals surface area contributed by atoms with Crippen molar-refractivity contribution in [3.05, 3.63) is 64.9 Å². The van der Waals surface area contributed by atoms with Crippen molar-refractivity contribution >= 4 is 23.0 Å². The maximum absolute atomic E-state index is 10.7. The molecule has 0 amide bonds. The summed E-state index contributed by atoms with van der Waals surface area (Å²) in [5, 5.41) is 23.9. The minimum absolute atomic E-state index is 0.0690. The standard InChI is InChI=1S/C19H24ClN3O2/c1-19(25,13-4-7-16(8-5-13)23(2)3)11-15(21)12-22-17-10-14(20)6-9-18(17)24/h4-10,12,22,24-25H,11,21H2,1-3H3/b15-12-. The Kier molecular flexibility index (Phi) is 5.82. The zero-order valence-corrected chi connectivity index (χ0v) is 15.4. The molecule has 0 spiro atoms. The van der Waals surface area contributed by atoms with Crippen LogP contribution in [0.2, 0.25) is 5.02 Å². The second kappa shape index (κ2) is 7.68. The monoisotopic (exact) mass is 361 g/mol. The molecule has 0 bridgehead atoms. The molecule has 134 valence electrons. The van der Waals surface area contributed by atoms with Crippen LogP contribution in [0.1, 0.15) is 18.9 Å². The van der Waals surface area contributed by atoms with E-state index in [0.29, 0.717) is 16.4 Å². The van der Waals surface area contributed by atoms with E-state index in [1.54, 1.807) is 25.3 Å². The third-order valence-corrected chi connectivity index (χ3v) is 4.16. The normalized spacial score (nSPS) is 14.0. The number of phenolic OH excluding ortho intramolecular Hbond substituents is 1. The first-order chi connectivity index (χ1) is 11.7. The highest BCUT2D eigenvalue weighted by atomic mass is 35.5. The number of nitrogens with zero attached hydrogens (tertiary/aromatic N) is 1. The molecule has 0 saturated heterocycles. The average Bonchev–Trinajstić information content (AvgIpc) is 2.55. The Bertz CT molecular complexity index is 756. The van der Waals surface area contributed by atoms with Gasteiger partial charge >= 0.3 is 0 Å². The Morgan fingerprint density at radius 1 is 1.24 bits per heavy atom. The second-order valence-electron chi connectivity index (χ2n) is 6.42. The highest BCUT2D eigenvalue weighted by molar-refractivity contribution is 6.30. The lowest BCUT2D eigenvalue weighted by Gasteiger charge is -2.25. The summed E-state index contributed by atoms with van der Waals surface area (Å²) in [6.45, 7) is 1.72. The number of hydrogen-bond acceptors (Lipinski definition) is 5. The maximum Gasteiger partial charge on any atom is 0.139 e. The van der Waals surface area contributed by atoms with Gasteiger partial charge in [0.2, 0.25) is 0 Å². The number of phenols is 1. The van der Waals surface area contributed by atoms with Crippen LogP contribution in [0, 0.1) is 0 Å². The summed E-state index contributed by atoms with van der Waals surface area (Å²) >= 11 is 5.91. The Morgan fingerprint density at radius 2 is 1.88 bits per heavy atom. The summed E-state index contributed by atoms with van der Waals surface area (Å²) in [6.07, 6.45) is 1.79. The van der Waals surface area contributed by atoms with E-state index in [1.807, 2.05) is 43.3 Å². The topological polar surface area (TPSA) is 81.8 Å². The minimum atomic E-state index is -1.11. The quantitative estimate of drug-likeness (QED) is 0.591. The molecule has 25 heavy (non-hydrogen) atoms. The van der Waals surface area contributed by atoms with Gasteiger partial charge in [-0.2, -0.15) is 0 Å². The molecule has 2 rings (SSSR count). The minimum Gasteiger partial charge on any atom is -0.506 e. The molecular weight excluding hydrogens is 338 g/mol. The van der Waals surface area contributed by atoms with Crippen molar-refractivity contribution in [3.63, 3.8) is 0 Å². The van der Waals surface area contributed by atoms with Crippen molar-refractivity contribution in [1.29, 1.82) is 0 Å². The molecule has 0 aliphatic rings. The van der Waals surface area contributed by atoms with Crippen LogP contribution in [-0.2, 0) is 5.60 Å². The van der Waals surface area contributed by atoms with Gasteiger partial charge in [-0.25, -0.2) is 0 Å². The summed E-state index contributed by atoms with van der Waals surface area (Å²) in [4.78, 5) is 1.99. The molecule has 5 nitrogen and oxygen atoms in total. The van der Waals surface area contributed by atoms with Gasteiger partial charge in [-0.1, -0.05) is 23.7 Å². The number of benzene rings is 2. The van der Waals surface area contributed by atoms with Crippen molar-refractivity contribution in [2.75, 3.05) is 24.3 Å². The molecule has 1 atom stereocenters. The number of nitrogens with two attached hydrogens (primary N) is 1. The van der Waals surface area contributed by atoms with E-state index in [2.05, 4.69) is 5.32 Å². The van der Waals surface area contributed by atoms with E-state index in [-0.39, 0.29) is 12.2 Å². The summed E-state index contributed by atoms with van der Waals surface area (Å²) in [6, 6.07) is 12.4. The summed E-state index contributed by atoms with van der Waals surface area (Å²) < 4.78 is 0. The Hall–Kier alpha value is -2.37.